The number of nitrogens with one attached hydrogen (secondary N) is 1. The summed E-state index contributed by atoms with van der Waals surface area (Å²) in [6.45, 7) is 4.90. The number of likely N-dealkylation sites (tertiary alicyclic amines) is 1. The fourth-order valence-corrected chi connectivity index (χ4v) is 3.76. The minimum absolute atomic E-state index is 0.133. The van der Waals surface area contributed by atoms with Gasteiger partial charge in [-0.15, -0.1) is 0 Å². The van der Waals surface area contributed by atoms with Crippen LogP contribution in [-0.4, -0.2) is 58.0 Å². The number of fused-ring (bicyclic) bond motifs is 1. The minimum Gasteiger partial charge on any atom is -0.383 e. The van der Waals surface area contributed by atoms with Gasteiger partial charge in [0.15, 0.2) is 5.52 Å². The molecule has 2 aromatic heterocycles. The number of hydrogen-bond donors (Lipinski definition) is 1. The highest BCUT2D eigenvalue weighted by Gasteiger charge is 2.14. The molecule has 0 spiro atoms. The zero-order valence-corrected chi connectivity index (χ0v) is 15.9. The third-order valence-corrected chi connectivity index (χ3v) is 5.20. The van der Waals surface area contributed by atoms with Crippen molar-refractivity contribution in [2.45, 2.75) is 57.9 Å². The summed E-state index contributed by atoms with van der Waals surface area (Å²) in [6.07, 6.45) is 11.3. The number of rotatable bonds is 10. The molecule has 0 saturated carbocycles. The van der Waals surface area contributed by atoms with Crippen molar-refractivity contribution in [1.29, 1.82) is 0 Å². The van der Waals surface area contributed by atoms with Crippen LogP contribution in [0.2, 0.25) is 0 Å². The molecule has 1 aliphatic rings. The Labute approximate surface area is 154 Å². The lowest BCUT2D eigenvalue weighted by Gasteiger charge is -2.26. The standard InChI is InChI=1S/C19H31N5O2/c1-26-14-13-24-18-17(20-15-21-19(18)25)16(22-24)9-5-2-3-6-10-23-11-7-4-8-12-23/h15H,2-14H2,1H3,(H,20,21,25). The molecular weight excluding hydrogens is 330 g/mol. The Morgan fingerprint density at radius 3 is 2.73 bits per heavy atom. The highest BCUT2D eigenvalue weighted by molar-refractivity contribution is 5.76. The third kappa shape index (κ3) is 4.92. The van der Waals surface area contributed by atoms with Crippen molar-refractivity contribution in [3.05, 3.63) is 22.4 Å². The zero-order valence-electron chi connectivity index (χ0n) is 15.9. The van der Waals surface area contributed by atoms with E-state index in [4.69, 9.17) is 4.74 Å². The van der Waals surface area contributed by atoms with Crippen LogP contribution in [0.3, 0.4) is 0 Å². The van der Waals surface area contributed by atoms with Gasteiger partial charge in [0, 0.05) is 7.11 Å². The molecule has 7 heteroatoms. The Hall–Kier alpha value is -1.73. The van der Waals surface area contributed by atoms with Crippen LogP contribution >= 0.6 is 0 Å². The van der Waals surface area contributed by atoms with Crippen molar-refractivity contribution in [1.82, 2.24) is 24.6 Å². The lowest BCUT2D eigenvalue weighted by atomic mass is 10.1. The summed E-state index contributed by atoms with van der Waals surface area (Å²) in [4.78, 5) is 21.7. The van der Waals surface area contributed by atoms with E-state index in [-0.39, 0.29) is 5.56 Å². The summed E-state index contributed by atoms with van der Waals surface area (Å²) >= 11 is 0. The Kier molecular flexibility index (Phi) is 7.20. The lowest BCUT2D eigenvalue weighted by Crippen LogP contribution is -2.30. The maximum absolute atomic E-state index is 12.1. The first-order chi connectivity index (χ1) is 12.8. The van der Waals surface area contributed by atoms with Crippen LogP contribution in [0.25, 0.3) is 11.0 Å². The van der Waals surface area contributed by atoms with Gasteiger partial charge < -0.3 is 14.6 Å². The second-order valence-corrected chi connectivity index (χ2v) is 7.16. The summed E-state index contributed by atoms with van der Waals surface area (Å²) in [6, 6.07) is 0. The quantitative estimate of drug-likeness (QED) is 0.658. The summed E-state index contributed by atoms with van der Waals surface area (Å²) in [5, 5.41) is 4.62. The fraction of sp³-hybridized carbons (Fsp3) is 0.737. The molecule has 0 amide bonds. The summed E-state index contributed by atoms with van der Waals surface area (Å²) in [5.74, 6) is 0. The van der Waals surface area contributed by atoms with E-state index in [1.165, 1.54) is 64.5 Å². The molecule has 26 heavy (non-hydrogen) atoms. The molecular formula is C19H31N5O2. The molecule has 0 unspecified atom stereocenters. The van der Waals surface area contributed by atoms with Crippen LogP contribution in [0.1, 0.15) is 50.6 Å². The first kappa shape index (κ1) is 19.0. The van der Waals surface area contributed by atoms with E-state index in [2.05, 4.69) is 20.0 Å². The highest BCUT2D eigenvalue weighted by atomic mass is 16.5. The molecule has 0 bridgehead atoms. The Morgan fingerprint density at radius 1 is 1.12 bits per heavy atom. The molecule has 1 aliphatic heterocycles. The molecule has 1 saturated heterocycles. The van der Waals surface area contributed by atoms with Gasteiger partial charge in [0.1, 0.15) is 5.52 Å². The number of hydrogen-bond acceptors (Lipinski definition) is 5. The van der Waals surface area contributed by atoms with Gasteiger partial charge >= 0.3 is 0 Å². The van der Waals surface area contributed by atoms with Gasteiger partial charge in [0.2, 0.25) is 0 Å². The second kappa shape index (κ2) is 9.83. The van der Waals surface area contributed by atoms with E-state index in [0.29, 0.717) is 18.7 Å². The number of ether oxygens (including phenoxy) is 1. The van der Waals surface area contributed by atoms with Gasteiger partial charge in [-0.05, 0) is 51.7 Å². The molecule has 0 aliphatic carbocycles. The molecule has 1 N–H and O–H groups in total. The number of aryl methyl sites for hydroxylation is 1. The normalized spacial score (nSPS) is 15.7. The monoisotopic (exact) mass is 361 g/mol. The highest BCUT2D eigenvalue weighted by Crippen LogP contribution is 2.16. The topological polar surface area (TPSA) is 76.0 Å². The largest absolute Gasteiger partial charge is 0.383 e. The van der Waals surface area contributed by atoms with Crippen LogP contribution in [0.4, 0.5) is 0 Å². The second-order valence-electron chi connectivity index (χ2n) is 7.16. The maximum Gasteiger partial charge on any atom is 0.276 e. The predicted octanol–water partition coefficient (Wildman–Crippen LogP) is 2.35. The van der Waals surface area contributed by atoms with E-state index < -0.39 is 0 Å². The predicted molar refractivity (Wildman–Crippen MR) is 102 cm³/mol. The number of aromatic amines is 1. The first-order valence-electron chi connectivity index (χ1n) is 9.94. The molecule has 0 aromatic carbocycles. The van der Waals surface area contributed by atoms with Gasteiger partial charge in [0.05, 0.1) is 25.2 Å². The molecule has 0 radical (unpaired) electrons. The van der Waals surface area contributed by atoms with Crippen molar-refractivity contribution in [3.8, 4) is 0 Å². The Bertz CT molecular complexity index is 733. The van der Waals surface area contributed by atoms with Crippen molar-refractivity contribution in [3.63, 3.8) is 0 Å². The van der Waals surface area contributed by atoms with Crippen molar-refractivity contribution in [2.24, 2.45) is 0 Å². The number of piperidine rings is 1. The lowest BCUT2D eigenvalue weighted by molar-refractivity contribution is 0.184. The SMILES string of the molecule is COCCn1nc(CCCCCCN2CCCCC2)c2nc[nH]c(=O)c21. The molecule has 3 heterocycles. The van der Waals surface area contributed by atoms with E-state index in [0.717, 1.165) is 24.1 Å². The van der Waals surface area contributed by atoms with E-state index in [9.17, 15) is 4.79 Å². The molecule has 3 rings (SSSR count). The average Bonchev–Trinajstić information content (AvgIpc) is 3.03. The van der Waals surface area contributed by atoms with Gasteiger partial charge in [0.25, 0.3) is 5.56 Å². The number of aromatic nitrogens is 4. The Morgan fingerprint density at radius 2 is 1.92 bits per heavy atom. The molecule has 1 fully saturated rings. The molecule has 144 valence electrons. The maximum atomic E-state index is 12.1. The van der Waals surface area contributed by atoms with Crippen LogP contribution in [0.5, 0.6) is 0 Å². The van der Waals surface area contributed by atoms with Crippen LogP contribution in [-0.2, 0) is 17.7 Å². The van der Waals surface area contributed by atoms with E-state index in [1.807, 2.05) is 0 Å². The number of methoxy groups -OCH3 is 1. The molecule has 0 atom stereocenters. The minimum atomic E-state index is -0.133. The number of nitrogens with zero attached hydrogens (tertiary/aromatic N) is 4. The van der Waals surface area contributed by atoms with Crippen LogP contribution < -0.4 is 5.56 Å². The van der Waals surface area contributed by atoms with Gasteiger partial charge in [-0.1, -0.05) is 19.3 Å². The van der Waals surface area contributed by atoms with Gasteiger partial charge in [-0.3, -0.25) is 9.48 Å². The Balaban J connectivity index is 1.49. The summed E-state index contributed by atoms with van der Waals surface area (Å²) in [7, 11) is 1.65. The first-order valence-corrected chi connectivity index (χ1v) is 9.94. The molecule has 7 nitrogen and oxygen atoms in total. The third-order valence-electron chi connectivity index (χ3n) is 5.20. The number of H-pyrrole nitrogens is 1. The van der Waals surface area contributed by atoms with Crippen molar-refractivity contribution < 1.29 is 4.74 Å². The summed E-state index contributed by atoms with van der Waals surface area (Å²) < 4.78 is 6.85. The fourth-order valence-electron chi connectivity index (χ4n) is 3.76. The van der Waals surface area contributed by atoms with Crippen molar-refractivity contribution in [2.75, 3.05) is 33.4 Å². The van der Waals surface area contributed by atoms with Crippen molar-refractivity contribution >= 4 is 11.0 Å². The number of unbranched alkanes of at least 4 members (excludes halogenated alkanes) is 3. The summed E-state index contributed by atoms with van der Waals surface area (Å²) in [5.41, 5.74) is 2.09. The van der Waals surface area contributed by atoms with Gasteiger partial charge in [-0.2, -0.15) is 5.10 Å². The van der Waals surface area contributed by atoms with E-state index >= 15 is 0 Å². The van der Waals surface area contributed by atoms with Crippen LogP contribution in [0.15, 0.2) is 11.1 Å². The average molecular weight is 361 g/mol. The zero-order chi connectivity index (χ0) is 18.2. The smallest absolute Gasteiger partial charge is 0.276 e. The molecule has 2 aromatic rings. The van der Waals surface area contributed by atoms with E-state index in [1.54, 1.807) is 11.8 Å². The van der Waals surface area contributed by atoms with Crippen LogP contribution in [0, 0.1) is 0 Å². The van der Waals surface area contributed by atoms with Gasteiger partial charge in [-0.25, -0.2) is 4.98 Å².